The van der Waals surface area contributed by atoms with Gasteiger partial charge in [-0.25, -0.2) is 0 Å². The molecule has 0 atom stereocenters. The molecule has 112 valence electrons. The van der Waals surface area contributed by atoms with Gasteiger partial charge in [-0.05, 0) is 26.1 Å². The predicted octanol–water partition coefficient (Wildman–Crippen LogP) is 0.566. The molecule has 6 nitrogen and oxygen atoms in total. The van der Waals surface area contributed by atoms with Crippen molar-refractivity contribution in [2.24, 2.45) is 0 Å². The van der Waals surface area contributed by atoms with Crippen LogP contribution in [0, 0.1) is 6.92 Å². The van der Waals surface area contributed by atoms with Crippen molar-refractivity contribution >= 4 is 11.8 Å². The molecule has 1 aromatic rings. The summed E-state index contributed by atoms with van der Waals surface area (Å²) in [6, 6.07) is 3.73. The standard InChI is InChI=1S/C14H23N3O3/c1-11-6-7-12(20-11)8-17(5)14(19)10-16(4)9-13(18)15(2)3/h6-7H,8-10H2,1-5H3. The zero-order valence-corrected chi connectivity index (χ0v) is 12.8. The fourth-order valence-corrected chi connectivity index (χ4v) is 1.67. The van der Waals surface area contributed by atoms with Gasteiger partial charge in [0.05, 0.1) is 19.6 Å². The van der Waals surface area contributed by atoms with E-state index in [1.165, 1.54) is 4.90 Å². The molecule has 6 heteroatoms. The summed E-state index contributed by atoms with van der Waals surface area (Å²) in [6.45, 7) is 2.73. The maximum Gasteiger partial charge on any atom is 0.236 e. The highest BCUT2D eigenvalue weighted by Gasteiger charge is 2.16. The first-order valence-corrected chi connectivity index (χ1v) is 6.47. The number of hydrogen-bond acceptors (Lipinski definition) is 4. The lowest BCUT2D eigenvalue weighted by Crippen LogP contribution is -2.40. The monoisotopic (exact) mass is 281 g/mol. The van der Waals surface area contributed by atoms with Gasteiger partial charge in [0, 0.05) is 21.1 Å². The van der Waals surface area contributed by atoms with Gasteiger partial charge in [-0.2, -0.15) is 0 Å². The Kier molecular flexibility index (Phi) is 5.76. The molecule has 0 spiro atoms. The number of likely N-dealkylation sites (N-methyl/N-ethyl adjacent to an activating group) is 3. The Morgan fingerprint density at radius 2 is 1.65 bits per heavy atom. The van der Waals surface area contributed by atoms with Gasteiger partial charge in [0.25, 0.3) is 0 Å². The minimum absolute atomic E-state index is 0.0235. The van der Waals surface area contributed by atoms with Crippen LogP contribution in [0.1, 0.15) is 11.5 Å². The third-order valence-electron chi connectivity index (χ3n) is 2.92. The average Bonchev–Trinajstić information content (AvgIpc) is 2.74. The molecule has 0 saturated heterocycles. The normalized spacial score (nSPS) is 10.7. The maximum atomic E-state index is 12.0. The van der Waals surface area contributed by atoms with Crippen molar-refractivity contribution in [1.29, 1.82) is 0 Å². The lowest BCUT2D eigenvalue weighted by atomic mass is 10.3. The van der Waals surface area contributed by atoms with Crippen molar-refractivity contribution in [3.05, 3.63) is 23.7 Å². The fourth-order valence-electron chi connectivity index (χ4n) is 1.67. The smallest absolute Gasteiger partial charge is 0.236 e. The first-order chi connectivity index (χ1) is 9.29. The number of furan rings is 1. The fraction of sp³-hybridized carbons (Fsp3) is 0.571. The van der Waals surface area contributed by atoms with Crippen molar-refractivity contribution in [1.82, 2.24) is 14.7 Å². The molecule has 20 heavy (non-hydrogen) atoms. The van der Waals surface area contributed by atoms with Crippen LogP contribution in [0.3, 0.4) is 0 Å². The van der Waals surface area contributed by atoms with Crippen LogP contribution in [-0.2, 0) is 16.1 Å². The number of aryl methyl sites for hydroxylation is 1. The third kappa shape index (κ3) is 5.05. The van der Waals surface area contributed by atoms with Gasteiger partial charge in [0.1, 0.15) is 11.5 Å². The third-order valence-corrected chi connectivity index (χ3v) is 2.92. The van der Waals surface area contributed by atoms with Crippen LogP contribution < -0.4 is 0 Å². The number of rotatable bonds is 6. The molecule has 0 bridgehead atoms. The highest BCUT2D eigenvalue weighted by atomic mass is 16.3. The van der Waals surface area contributed by atoms with E-state index in [4.69, 9.17) is 4.42 Å². The zero-order valence-electron chi connectivity index (χ0n) is 12.8. The van der Waals surface area contributed by atoms with Gasteiger partial charge in [0.15, 0.2) is 0 Å². The van der Waals surface area contributed by atoms with E-state index in [-0.39, 0.29) is 24.9 Å². The lowest BCUT2D eigenvalue weighted by molar-refractivity contribution is -0.133. The highest BCUT2D eigenvalue weighted by Crippen LogP contribution is 2.08. The van der Waals surface area contributed by atoms with E-state index in [1.807, 2.05) is 19.1 Å². The Hall–Kier alpha value is -1.82. The summed E-state index contributed by atoms with van der Waals surface area (Å²) in [5, 5.41) is 0. The van der Waals surface area contributed by atoms with Crippen molar-refractivity contribution in [3.63, 3.8) is 0 Å². The summed E-state index contributed by atoms with van der Waals surface area (Å²) in [6.07, 6.45) is 0. The van der Waals surface area contributed by atoms with Crippen LogP contribution in [0.2, 0.25) is 0 Å². The second-order valence-corrected chi connectivity index (χ2v) is 5.22. The van der Waals surface area contributed by atoms with E-state index in [0.29, 0.717) is 6.54 Å². The Balaban J connectivity index is 2.43. The number of carbonyl (C=O) groups excluding carboxylic acids is 2. The zero-order chi connectivity index (χ0) is 15.3. The van der Waals surface area contributed by atoms with Gasteiger partial charge >= 0.3 is 0 Å². The largest absolute Gasteiger partial charge is 0.464 e. The number of amides is 2. The molecule has 0 aliphatic carbocycles. The van der Waals surface area contributed by atoms with E-state index >= 15 is 0 Å². The summed E-state index contributed by atoms with van der Waals surface area (Å²) < 4.78 is 5.44. The van der Waals surface area contributed by atoms with Crippen LogP contribution in [0.25, 0.3) is 0 Å². The first-order valence-electron chi connectivity index (χ1n) is 6.47. The molecule has 2 amide bonds. The molecular formula is C14H23N3O3. The van der Waals surface area contributed by atoms with Crippen LogP contribution in [0.15, 0.2) is 16.5 Å². The molecule has 0 radical (unpaired) electrons. The van der Waals surface area contributed by atoms with E-state index in [1.54, 1.807) is 38.0 Å². The molecule has 0 aliphatic heterocycles. The van der Waals surface area contributed by atoms with Gasteiger partial charge < -0.3 is 14.2 Å². The minimum atomic E-state index is -0.0480. The molecular weight excluding hydrogens is 258 g/mol. The summed E-state index contributed by atoms with van der Waals surface area (Å²) >= 11 is 0. The van der Waals surface area contributed by atoms with E-state index < -0.39 is 0 Å². The van der Waals surface area contributed by atoms with Crippen molar-refractivity contribution in [3.8, 4) is 0 Å². The van der Waals surface area contributed by atoms with E-state index in [9.17, 15) is 9.59 Å². The van der Waals surface area contributed by atoms with Crippen molar-refractivity contribution in [2.75, 3.05) is 41.3 Å². The van der Waals surface area contributed by atoms with E-state index in [0.717, 1.165) is 11.5 Å². The Labute approximate surface area is 119 Å². The molecule has 1 heterocycles. The quantitative estimate of drug-likeness (QED) is 0.765. The number of carbonyl (C=O) groups is 2. The second kappa shape index (κ2) is 7.09. The van der Waals surface area contributed by atoms with Crippen LogP contribution >= 0.6 is 0 Å². The number of nitrogens with zero attached hydrogens (tertiary/aromatic N) is 3. The molecule has 0 fully saturated rings. The Bertz CT molecular complexity index is 468. The molecule has 0 aliphatic rings. The van der Waals surface area contributed by atoms with Gasteiger partial charge in [-0.15, -0.1) is 0 Å². The molecule has 0 aromatic carbocycles. The summed E-state index contributed by atoms with van der Waals surface area (Å²) in [7, 11) is 6.87. The summed E-state index contributed by atoms with van der Waals surface area (Å²) in [5.41, 5.74) is 0. The van der Waals surface area contributed by atoms with Crippen LogP contribution in [-0.4, -0.2) is 67.8 Å². The lowest BCUT2D eigenvalue weighted by Gasteiger charge is -2.22. The average molecular weight is 281 g/mol. The number of hydrogen-bond donors (Lipinski definition) is 0. The molecule has 0 saturated carbocycles. The molecule has 0 N–H and O–H groups in total. The first kappa shape index (κ1) is 16.2. The summed E-state index contributed by atoms with van der Waals surface area (Å²) in [5.74, 6) is 1.51. The van der Waals surface area contributed by atoms with Gasteiger partial charge in [-0.3, -0.25) is 14.5 Å². The van der Waals surface area contributed by atoms with Crippen LogP contribution in [0.4, 0.5) is 0 Å². The SMILES string of the molecule is Cc1ccc(CN(C)C(=O)CN(C)CC(=O)N(C)C)o1. The minimum Gasteiger partial charge on any atom is -0.464 e. The van der Waals surface area contributed by atoms with Crippen molar-refractivity contribution < 1.29 is 14.0 Å². The molecule has 0 unspecified atom stereocenters. The van der Waals surface area contributed by atoms with Crippen molar-refractivity contribution in [2.45, 2.75) is 13.5 Å². The van der Waals surface area contributed by atoms with E-state index in [2.05, 4.69) is 0 Å². The van der Waals surface area contributed by atoms with Gasteiger partial charge in [0.2, 0.25) is 11.8 Å². The predicted molar refractivity (Wildman–Crippen MR) is 76.1 cm³/mol. The highest BCUT2D eigenvalue weighted by molar-refractivity contribution is 5.80. The van der Waals surface area contributed by atoms with Gasteiger partial charge in [-0.1, -0.05) is 0 Å². The summed E-state index contributed by atoms with van der Waals surface area (Å²) in [4.78, 5) is 28.4. The van der Waals surface area contributed by atoms with Crippen LogP contribution in [0.5, 0.6) is 0 Å². The molecule has 1 aromatic heterocycles. The molecule has 1 rings (SSSR count). The second-order valence-electron chi connectivity index (χ2n) is 5.22. The topological polar surface area (TPSA) is 57.0 Å². The maximum absolute atomic E-state index is 12.0. The Morgan fingerprint density at radius 3 is 2.15 bits per heavy atom. The Morgan fingerprint density at radius 1 is 1.05 bits per heavy atom.